The molecular formula is C103H106CuN4O3. The molecule has 0 N–H and O–H groups in total. The summed E-state index contributed by atoms with van der Waals surface area (Å²) >= 11 is 0. The van der Waals surface area contributed by atoms with Crippen LogP contribution in [0.5, 0.6) is 0 Å². The molecule has 8 bridgehead atoms. The molecule has 0 unspecified atom stereocenters. The van der Waals surface area contributed by atoms with Gasteiger partial charge in [-0.05, 0) is 385 Å². The van der Waals surface area contributed by atoms with E-state index < -0.39 is 0 Å². The molecule has 8 aromatic carbocycles. The quantitative estimate of drug-likeness (QED) is 0.140. The third-order valence-corrected chi connectivity index (χ3v) is 28.8. The van der Waals surface area contributed by atoms with Crippen LogP contribution in [0.15, 0.2) is 110 Å². The van der Waals surface area contributed by atoms with Crippen LogP contribution in [0, 0.1) is 146 Å². The molecular weight excluding hydrogens is 1400 g/mol. The topological polar surface area (TPSA) is 93.4 Å². The Morgan fingerprint density at radius 2 is 0.477 bits per heavy atom. The summed E-state index contributed by atoms with van der Waals surface area (Å²) in [5, 5.41) is 6.36. The van der Waals surface area contributed by atoms with Gasteiger partial charge in [-0.3, -0.25) is 0 Å². The average molecular weight is 1510 g/mol. The van der Waals surface area contributed by atoms with Crippen molar-refractivity contribution in [3.05, 3.63) is 242 Å². The van der Waals surface area contributed by atoms with Crippen LogP contribution < -0.4 is 9.97 Å². The van der Waals surface area contributed by atoms with Gasteiger partial charge in [0, 0.05) is 16.2 Å². The second-order valence-corrected chi connectivity index (χ2v) is 34.8. The number of fused-ring (bicyclic) bond motifs is 32. The Kier molecular flexibility index (Phi) is 18.5. The zero-order valence-electron chi connectivity index (χ0n) is 70.1. The summed E-state index contributed by atoms with van der Waals surface area (Å²) in [6.45, 7) is 58.0. The number of hydrogen-bond donors (Lipinski definition) is 0. The van der Waals surface area contributed by atoms with Gasteiger partial charge in [0.1, 0.15) is 16.7 Å². The van der Waals surface area contributed by atoms with Crippen LogP contribution >= 0.6 is 0 Å². The summed E-state index contributed by atoms with van der Waals surface area (Å²) in [7, 11) is 0. The van der Waals surface area contributed by atoms with E-state index in [0.29, 0.717) is 0 Å². The van der Waals surface area contributed by atoms with Gasteiger partial charge in [-0.2, -0.15) is 0 Å². The van der Waals surface area contributed by atoms with Crippen LogP contribution in [0.25, 0.3) is 144 Å². The Balaban J connectivity index is 0.000000117. The first-order chi connectivity index (χ1) is 52.2. The summed E-state index contributed by atoms with van der Waals surface area (Å²) in [4.78, 5) is 19.9. The van der Waals surface area contributed by atoms with Gasteiger partial charge in [-0.15, -0.1) is 22.1 Å². The molecule has 6 aromatic heterocycles. The molecule has 6 aliphatic rings. The summed E-state index contributed by atoms with van der Waals surface area (Å²) in [6, 6.07) is 36.3. The van der Waals surface area contributed by atoms with Crippen molar-refractivity contribution in [3.63, 3.8) is 0 Å². The summed E-state index contributed by atoms with van der Waals surface area (Å²) in [5.74, 6) is 5.45. The summed E-state index contributed by atoms with van der Waals surface area (Å²) in [5.41, 5.74) is 56.7. The molecule has 0 spiro atoms. The molecule has 1 saturated carbocycles. The van der Waals surface area contributed by atoms with Gasteiger partial charge in [-0.25, -0.2) is 9.97 Å². The Hall–Kier alpha value is -9.72. The fourth-order valence-corrected chi connectivity index (χ4v) is 19.3. The van der Waals surface area contributed by atoms with Crippen molar-refractivity contribution < 1.29 is 30.3 Å². The van der Waals surface area contributed by atoms with E-state index in [2.05, 4.69) is 277 Å². The van der Waals surface area contributed by atoms with Crippen molar-refractivity contribution in [2.24, 2.45) is 35.5 Å². The minimum Gasteiger partial charge on any atom is -0.657 e. The normalized spacial score (nSPS) is 17.9. The molecule has 0 saturated heterocycles. The van der Waals surface area contributed by atoms with Crippen LogP contribution in [0.3, 0.4) is 0 Å². The van der Waals surface area contributed by atoms with E-state index in [1.165, 1.54) is 145 Å². The SMILES string of the molecule is CC1=C(C)c2cc3[n-]c(cc4nc(cc5[n-]c(cc1n2)c(C)c5C)C(C)=C4C)c(C)c3C.CC1C(C)C(C)C(C)C(C)C1C.Cc1cc2c(cc1C)-c1c(c3c(c4c1Cc1cc(C)c(C)cc1-4)Cc1cc(C)c(C)cc1-3)C2.Cc1cc2oc3c(c2cc1C)c1oc2cc(C)c(C)cc2c1c1oc2cc(C)c(C)cc2c31.[Cu+2]. The number of furan rings is 3. The smallest absolute Gasteiger partial charge is 0.657 e. The van der Waals surface area contributed by atoms with E-state index in [9.17, 15) is 0 Å². The van der Waals surface area contributed by atoms with E-state index in [4.69, 9.17) is 33.2 Å². The molecule has 1 radical (unpaired) electrons. The molecule has 8 heterocycles. The molecule has 20 rings (SSSR count). The van der Waals surface area contributed by atoms with Gasteiger partial charge >= 0.3 is 17.1 Å². The minimum absolute atomic E-state index is 0. The van der Waals surface area contributed by atoms with Gasteiger partial charge in [0.05, 0.1) is 38.9 Å². The van der Waals surface area contributed by atoms with E-state index in [0.717, 1.165) is 165 Å². The van der Waals surface area contributed by atoms with Gasteiger partial charge < -0.3 is 23.2 Å². The molecule has 1 fully saturated rings. The molecule has 2 aliphatic heterocycles. The summed E-state index contributed by atoms with van der Waals surface area (Å²) < 4.78 is 19.7. The molecule has 4 aliphatic carbocycles. The Morgan fingerprint density at radius 3 is 0.712 bits per heavy atom. The second kappa shape index (κ2) is 27.3. The van der Waals surface area contributed by atoms with E-state index in [-0.39, 0.29) is 17.1 Å². The van der Waals surface area contributed by atoms with Crippen LogP contribution in [0.4, 0.5) is 0 Å². The van der Waals surface area contributed by atoms with Crippen LogP contribution in [0.2, 0.25) is 0 Å². The largest absolute Gasteiger partial charge is 2.00 e. The van der Waals surface area contributed by atoms with Gasteiger partial charge in [0.25, 0.3) is 0 Å². The van der Waals surface area contributed by atoms with Crippen molar-refractivity contribution in [3.8, 4) is 33.4 Å². The number of aromatic nitrogens is 4. The second-order valence-electron chi connectivity index (χ2n) is 34.8. The number of allylic oxidation sites excluding steroid dienone is 4. The molecule has 567 valence electrons. The molecule has 8 heteroatoms. The van der Waals surface area contributed by atoms with Gasteiger partial charge in [0.15, 0.2) is 16.7 Å². The predicted octanol–water partition coefficient (Wildman–Crippen LogP) is 28.0. The maximum Gasteiger partial charge on any atom is 2.00 e. The van der Waals surface area contributed by atoms with Crippen molar-refractivity contribution in [1.29, 1.82) is 0 Å². The van der Waals surface area contributed by atoms with Crippen molar-refractivity contribution in [2.45, 2.75) is 199 Å². The van der Waals surface area contributed by atoms with Crippen LogP contribution in [-0.4, -0.2) is 9.97 Å². The Labute approximate surface area is 666 Å². The first-order valence-electron chi connectivity index (χ1n) is 40.3. The Morgan fingerprint density at radius 1 is 0.270 bits per heavy atom. The minimum atomic E-state index is 0. The fraction of sp³-hybridized carbons (Fsp3) is 0.340. The first kappa shape index (κ1) is 75.3. The Bertz CT molecular complexity index is 5920. The fourth-order valence-electron chi connectivity index (χ4n) is 19.3. The zero-order chi connectivity index (χ0) is 77.9. The van der Waals surface area contributed by atoms with E-state index in [1.807, 2.05) is 0 Å². The molecule has 7 nitrogen and oxygen atoms in total. The first-order valence-corrected chi connectivity index (χ1v) is 40.3. The van der Waals surface area contributed by atoms with Crippen LogP contribution in [-0.2, 0) is 36.3 Å². The molecule has 111 heavy (non-hydrogen) atoms. The number of nitrogens with zero attached hydrogens (tertiary/aromatic N) is 4. The monoisotopic (exact) mass is 1510 g/mol. The van der Waals surface area contributed by atoms with Crippen molar-refractivity contribution in [2.75, 3.05) is 0 Å². The molecule has 0 atom stereocenters. The predicted molar refractivity (Wildman–Crippen MR) is 465 cm³/mol. The average Bonchev–Trinajstić information content (AvgIpc) is 1.54. The van der Waals surface area contributed by atoms with E-state index in [1.54, 1.807) is 33.4 Å². The maximum atomic E-state index is 6.57. The maximum absolute atomic E-state index is 6.57. The van der Waals surface area contributed by atoms with E-state index >= 15 is 0 Å². The zero-order valence-corrected chi connectivity index (χ0v) is 71.1. The third-order valence-electron chi connectivity index (χ3n) is 28.8. The molecule has 14 aromatic rings. The summed E-state index contributed by atoms with van der Waals surface area (Å²) in [6.07, 6.45) is 3.21. The molecule has 0 amide bonds. The number of benzene rings is 8. The van der Waals surface area contributed by atoms with Crippen molar-refractivity contribution >= 4 is 110 Å². The third kappa shape index (κ3) is 11.8. The number of aryl methyl sites for hydroxylation is 16. The van der Waals surface area contributed by atoms with Gasteiger partial charge in [0.2, 0.25) is 0 Å². The number of hydrogen-bond acceptors (Lipinski definition) is 5. The standard InChI is InChI=1S/C33H30.C30H24O3.C28H28N4.C12H24.Cu/c1-16-7-22-13-28-31(25(22)10-19(16)4)29-14-23-8-17(2)21(6)12-27(23)33(29)30-15-24-9-18(3)20(5)11-26(24)32(28)30;1-13-7-19-22(10-16(13)4)31-28-25(19)29-27(20-8-14(2)17(5)11-23(20)32-29)30-26(28)21-9-15(3)18(6)12-24(21)33-30;1-13-14(2)22-10-24-17(5)18(6)26(31-24)12-28-20(8)19(7)27(32-28)11-25-16(4)15(3)23(30-25)9-21(13)29-22;1-7-8(2)10(4)12(6)11(5)9(7)3;/h7-12H,13-15H2,1-6H3;7-12H,1-6H3;9-12H,1-8H3;7-12H,1-6H3;/q;;-2;;+2. The van der Waals surface area contributed by atoms with Gasteiger partial charge in [-0.1, -0.05) is 124 Å². The van der Waals surface area contributed by atoms with Crippen LogP contribution in [0.1, 0.15) is 214 Å². The van der Waals surface area contributed by atoms with Crippen molar-refractivity contribution in [1.82, 2.24) is 19.9 Å². The number of rotatable bonds is 0.